The van der Waals surface area contributed by atoms with Crippen LogP contribution in [0.5, 0.6) is 0 Å². The van der Waals surface area contributed by atoms with Crippen molar-refractivity contribution in [1.29, 1.82) is 0 Å². The number of carbonyl (C=O) groups excluding carboxylic acids is 1. The number of fused-ring (bicyclic) bond motifs is 5. The topological polar surface area (TPSA) is 55.8 Å². The highest BCUT2D eigenvalue weighted by Gasteiger charge is 2.55. The van der Waals surface area contributed by atoms with E-state index in [4.69, 9.17) is 9.47 Å². The first-order valence-electron chi connectivity index (χ1n) is 9.20. The molecule has 0 saturated heterocycles. The molecule has 0 aliphatic heterocycles. The summed E-state index contributed by atoms with van der Waals surface area (Å²) in [5.74, 6) is 0.717. The lowest BCUT2D eigenvalue weighted by Crippen LogP contribution is -2.48. The van der Waals surface area contributed by atoms with Gasteiger partial charge in [-0.3, -0.25) is 4.79 Å². The number of Topliss-reactive ketones (excluding diaryl/α,β-unsaturated/α-hetero) is 1. The Hall–Kier alpha value is -0.970. The number of rotatable bonds is 2. The molecule has 4 heteroatoms. The summed E-state index contributed by atoms with van der Waals surface area (Å²) in [5, 5.41) is 10.7. The number of ketones is 1. The van der Waals surface area contributed by atoms with Crippen LogP contribution in [0.3, 0.4) is 0 Å². The average molecular weight is 332 g/mol. The third kappa shape index (κ3) is 2.12. The monoisotopic (exact) mass is 332 g/mol. The number of carbonyl (C=O) groups is 1. The molecule has 4 rings (SSSR count). The van der Waals surface area contributed by atoms with Gasteiger partial charge in [0.15, 0.2) is 0 Å². The number of hydrogen-bond acceptors (Lipinski definition) is 4. The summed E-state index contributed by atoms with van der Waals surface area (Å²) in [5.41, 5.74) is 2.45. The first-order valence-corrected chi connectivity index (χ1v) is 9.20. The number of ether oxygens (including phenoxy) is 2. The highest BCUT2D eigenvalue weighted by molar-refractivity contribution is 5.87. The van der Waals surface area contributed by atoms with E-state index in [9.17, 15) is 9.90 Å². The van der Waals surface area contributed by atoms with Crippen molar-refractivity contribution in [2.24, 2.45) is 23.2 Å². The molecule has 4 nitrogen and oxygen atoms in total. The molecule has 0 aromatic carbocycles. The second-order valence-corrected chi connectivity index (χ2v) is 8.24. The van der Waals surface area contributed by atoms with Crippen LogP contribution in [0.15, 0.2) is 23.3 Å². The van der Waals surface area contributed by atoms with E-state index in [1.165, 1.54) is 18.3 Å². The van der Waals surface area contributed by atoms with Gasteiger partial charge in [-0.05, 0) is 73.2 Å². The molecule has 6 atom stereocenters. The molecule has 132 valence electrons. The van der Waals surface area contributed by atoms with Gasteiger partial charge in [-0.2, -0.15) is 0 Å². The van der Waals surface area contributed by atoms with Crippen molar-refractivity contribution in [3.05, 3.63) is 23.3 Å². The molecular weight excluding hydrogens is 304 g/mol. The van der Waals surface area contributed by atoms with Gasteiger partial charge in [-0.25, -0.2) is 0 Å². The van der Waals surface area contributed by atoms with Crippen LogP contribution < -0.4 is 0 Å². The molecule has 4 aliphatic rings. The van der Waals surface area contributed by atoms with Gasteiger partial charge in [0.1, 0.15) is 11.9 Å². The third-order valence-electron chi connectivity index (χ3n) is 7.36. The van der Waals surface area contributed by atoms with Gasteiger partial charge in [-0.15, -0.1) is 0 Å². The summed E-state index contributed by atoms with van der Waals surface area (Å²) >= 11 is 0. The fraction of sp³-hybridized carbons (Fsp3) is 0.750. The summed E-state index contributed by atoms with van der Waals surface area (Å²) in [6.07, 6.45) is 9.40. The SMILES string of the molecule is COC1C=C2C(=CC1(O)OC)CC[C@@H]1[C@@H]2CC[C@]2(C)C(=O)CC[C@@H]12. The van der Waals surface area contributed by atoms with Crippen molar-refractivity contribution >= 4 is 5.78 Å². The maximum absolute atomic E-state index is 12.4. The molecule has 3 fully saturated rings. The maximum Gasteiger partial charge on any atom is 0.216 e. The minimum Gasteiger partial charge on any atom is -0.371 e. The van der Waals surface area contributed by atoms with E-state index < -0.39 is 11.9 Å². The maximum atomic E-state index is 12.4. The van der Waals surface area contributed by atoms with Crippen molar-refractivity contribution in [3.63, 3.8) is 0 Å². The highest BCUT2D eigenvalue weighted by Crippen LogP contribution is 2.60. The Bertz CT molecular complexity index is 621. The lowest BCUT2D eigenvalue weighted by atomic mass is 9.54. The van der Waals surface area contributed by atoms with Crippen LogP contribution in [-0.4, -0.2) is 37.0 Å². The van der Waals surface area contributed by atoms with Crippen molar-refractivity contribution in [2.75, 3.05) is 14.2 Å². The number of methoxy groups -OCH3 is 2. The van der Waals surface area contributed by atoms with Gasteiger partial charge >= 0.3 is 0 Å². The van der Waals surface area contributed by atoms with Crippen molar-refractivity contribution in [3.8, 4) is 0 Å². The minimum absolute atomic E-state index is 0.0917. The summed E-state index contributed by atoms with van der Waals surface area (Å²) < 4.78 is 10.8. The first kappa shape index (κ1) is 16.5. The highest BCUT2D eigenvalue weighted by atomic mass is 16.6. The molecule has 0 spiro atoms. The van der Waals surface area contributed by atoms with E-state index in [-0.39, 0.29) is 5.41 Å². The molecule has 0 amide bonds. The van der Waals surface area contributed by atoms with E-state index in [1.54, 1.807) is 7.11 Å². The molecule has 24 heavy (non-hydrogen) atoms. The van der Waals surface area contributed by atoms with Crippen molar-refractivity contribution < 1.29 is 19.4 Å². The summed E-state index contributed by atoms with van der Waals surface area (Å²) in [7, 11) is 3.13. The fourth-order valence-electron chi connectivity index (χ4n) is 5.96. The van der Waals surface area contributed by atoms with Crippen LogP contribution in [0.1, 0.15) is 45.4 Å². The van der Waals surface area contributed by atoms with Crippen LogP contribution in [0.4, 0.5) is 0 Å². The van der Waals surface area contributed by atoms with Crippen molar-refractivity contribution in [2.45, 2.75) is 57.3 Å². The molecule has 1 N–H and O–H groups in total. The standard InChI is InChI=1S/C20H28O4/c1-19-9-8-13-14(16(19)6-7-17(19)21)5-4-12-11-20(22,24-3)18(23-2)10-15(12)13/h10-11,13-14,16,18,22H,4-9H2,1-3H3/t13-,14+,16-,18?,19-,20?/m0/s1. The van der Waals surface area contributed by atoms with E-state index in [2.05, 4.69) is 13.0 Å². The summed E-state index contributed by atoms with van der Waals surface area (Å²) in [4.78, 5) is 12.4. The zero-order chi connectivity index (χ0) is 17.1. The number of hydrogen-bond donors (Lipinski definition) is 1. The largest absolute Gasteiger partial charge is 0.371 e. The van der Waals surface area contributed by atoms with Crippen LogP contribution in [0.25, 0.3) is 0 Å². The lowest BCUT2D eigenvalue weighted by molar-refractivity contribution is -0.204. The minimum atomic E-state index is -1.37. The third-order valence-corrected chi connectivity index (χ3v) is 7.36. The predicted molar refractivity (Wildman–Crippen MR) is 90.2 cm³/mol. The second kappa shape index (κ2) is 5.52. The average Bonchev–Trinajstić information content (AvgIpc) is 2.89. The van der Waals surface area contributed by atoms with E-state index in [0.29, 0.717) is 23.5 Å². The predicted octanol–water partition coefficient (Wildman–Crippen LogP) is 3.01. The smallest absolute Gasteiger partial charge is 0.216 e. The molecule has 3 saturated carbocycles. The normalized spacial score (nSPS) is 47.4. The van der Waals surface area contributed by atoms with Gasteiger partial charge in [0, 0.05) is 26.1 Å². The summed E-state index contributed by atoms with van der Waals surface area (Å²) in [6, 6.07) is 0. The Kier molecular flexibility index (Phi) is 3.79. The Morgan fingerprint density at radius 3 is 2.71 bits per heavy atom. The fourth-order valence-corrected chi connectivity index (χ4v) is 5.96. The van der Waals surface area contributed by atoms with Gasteiger partial charge < -0.3 is 14.6 Å². The number of allylic oxidation sites excluding steroid dienone is 2. The van der Waals surface area contributed by atoms with Crippen molar-refractivity contribution in [1.82, 2.24) is 0 Å². The Morgan fingerprint density at radius 2 is 2.00 bits per heavy atom. The molecule has 0 bridgehead atoms. The van der Waals surface area contributed by atoms with E-state index in [0.717, 1.165) is 38.5 Å². The number of aliphatic hydroxyl groups is 1. The van der Waals surface area contributed by atoms with Gasteiger partial charge in [0.05, 0.1) is 0 Å². The molecule has 2 unspecified atom stereocenters. The zero-order valence-electron chi connectivity index (χ0n) is 14.9. The zero-order valence-corrected chi connectivity index (χ0v) is 14.9. The van der Waals surface area contributed by atoms with Gasteiger partial charge in [-0.1, -0.05) is 6.92 Å². The van der Waals surface area contributed by atoms with Crippen LogP contribution in [0.2, 0.25) is 0 Å². The second-order valence-electron chi connectivity index (χ2n) is 8.24. The Labute approximate surface area is 143 Å². The van der Waals surface area contributed by atoms with Crippen LogP contribution >= 0.6 is 0 Å². The van der Waals surface area contributed by atoms with Crippen LogP contribution in [-0.2, 0) is 14.3 Å². The molecule has 4 aliphatic carbocycles. The lowest BCUT2D eigenvalue weighted by Gasteiger charge is -2.50. The van der Waals surface area contributed by atoms with E-state index >= 15 is 0 Å². The summed E-state index contributed by atoms with van der Waals surface area (Å²) in [6.45, 7) is 2.20. The Balaban J connectivity index is 1.68. The Morgan fingerprint density at radius 1 is 1.21 bits per heavy atom. The molecule has 0 aromatic rings. The van der Waals surface area contributed by atoms with Gasteiger partial charge in [0.25, 0.3) is 0 Å². The molecule has 0 radical (unpaired) electrons. The molecular formula is C20H28O4. The molecule has 0 heterocycles. The molecule has 0 aromatic heterocycles. The first-order chi connectivity index (χ1) is 11.4. The quantitative estimate of drug-likeness (QED) is 0.790. The van der Waals surface area contributed by atoms with Gasteiger partial charge in [0.2, 0.25) is 5.79 Å². The van der Waals surface area contributed by atoms with E-state index in [1.807, 2.05) is 6.08 Å². The van der Waals surface area contributed by atoms with Crippen LogP contribution in [0, 0.1) is 23.2 Å².